The zero-order valence-corrected chi connectivity index (χ0v) is 16.8. The number of allylic oxidation sites excluding steroid dienone is 4. The van der Waals surface area contributed by atoms with Crippen molar-refractivity contribution in [2.24, 2.45) is 16.7 Å². The van der Waals surface area contributed by atoms with Gasteiger partial charge in [0.15, 0.2) is 11.6 Å². The van der Waals surface area contributed by atoms with Crippen molar-refractivity contribution >= 4 is 11.6 Å². The summed E-state index contributed by atoms with van der Waals surface area (Å²) in [6, 6.07) is 0. The fourth-order valence-electron chi connectivity index (χ4n) is 4.96. The van der Waals surface area contributed by atoms with Gasteiger partial charge in [-0.2, -0.15) is 0 Å². The number of hydrogen-bond donors (Lipinski definition) is 0. The largest absolute Gasteiger partial charge is 0.348 e. The van der Waals surface area contributed by atoms with Gasteiger partial charge in [-0.1, -0.05) is 48.0 Å². The van der Waals surface area contributed by atoms with E-state index < -0.39 is 0 Å². The molecule has 0 aromatic heterocycles. The highest BCUT2D eigenvalue weighted by molar-refractivity contribution is 6.05. The van der Waals surface area contributed by atoms with Crippen LogP contribution in [-0.2, 0) is 9.59 Å². The van der Waals surface area contributed by atoms with Gasteiger partial charge in [-0.3, -0.25) is 9.59 Å². The molecule has 0 spiro atoms. The van der Waals surface area contributed by atoms with Crippen molar-refractivity contribution in [3.63, 3.8) is 0 Å². The fourth-order valence-corrected chi connectivity index (χ4v) is 4.96. The lowest BCUT2D eigenvalue weighted by Crippen LogP contribution is -2.44. The lowest BCUT2D eigenvalue weighted by molar-refractivity contribution is -0.120. The molecule has 0 saturated carbocycles. The molecule has 25 heavy (non-hydrogen) atoms. The third-order valence-electron chi connectivity index (χ3n) is 6.05. The van der Waals surface area contributed by atoms with Crippen LogP contribution in [0.3, 0.4) is 0 Å². The second-order valence-electron chi connectivity index (χ2n) is 9.83. The molecular formula is C22H33NO2. The molecule has 0 aromatic rings. The van der Waals surface area contributed by atoms with Gasteiger partial charge in [0, 0.05) is 47.8 Å². The van der Waals surface area contributed by atoms with Gasteiger partial charge in [0.1, 0.15) is 0 Å². The molecule has 3 heteroatoms. The average molecular weight is 344 g/mol. The lowest BCUT2D eigenvalue weighted by Gasteiger charge is -2.48. The first-order valence-corrected chi connectivity index (χ1v) is 9.86. The first kappa shape index (κ1) is 18.4. The molecule has 3 nitrogen and oxygen atoms in total. The Balaban J connectivity index is 2.13. The summed E-state index contributed by atoms with van der Waals surface area (Å²) in [5, 5.41) is 0. The van der Waals surface area contributed by atoms with Gasteiger partial charge in [-0.05, 0) is 30.1 Å². The molecule has 138 valence electrons. The van der Waals surface area contributed by atoms with E-state index >= 15 is 0 Å². The van der Waals surface area contributed by atoms with Gasteiger partial charge in [0.05, 0.1) is 0 Å². The lowest BCUT2D eigenvalue weighted by atomic mass is 9.65. The van der Waals surface area contributed by atoms with E-state index in [1.165, 1.54) is 11.4 Å². The zero-order valence-electron chi connectivity index (χ0n) is 16.8. The molecule has 0 amide bonds. The maximum absolute atomic E-state index is 13.0. The summed E-state index contributed by atoms with van der Waals surface area (Å²) in [7, 11) is 0. The van der Waals surface area contributed by atoms with Crippen LogP contribution in [0.1, 0.15) is 80.1 Å². The van der Waals surface area contributed by atoms with Gasteiger partial charge in [-0.15, -0.1) is 0 Å². The van der Waals surface area contributed by atoms with E-state index in [4.69, 9.17) is 0 Å². The summed E-state index contributed by atoms with van der Waals surface area (Å²) < 4.78 is 0. The highest BCUT2D eigenvalue weighted by Gasteiger charge is 2.46. The van der Waals surface area contributed by atoms with Crippen molar-refractivity contribution in [2.45, 2.75) is 80.1 Å². The van der Waals surface area contributed by atoms with Crippen LogP contribution in [0.25, 0.3) is 0 Å². The first-order valence-electron chi connectivity index (χ1n) is 9.86. The van der Waals surface area contributed by atoms with Crippen LogP contribution in [0.2, 0.25) is 0 Å². The molecule has 1 aliphatic heterocycles. The van der Waals surface area contributed by atoms with Crippen molar-refractivity contribution in [3.8, 4) is 0 Å². The minimum absolute atomic E-state index is 0.00631. The minimum Gasteiger partial charge on any atom is -0.348 e. The van der Waals surface area contributed by atoms with E-state index in [-0.39, 0.29) is 28.3 Å². The van der Waals surface area contributed by atoms with Crippen LogP contribution >= 0.6 is 0 Å². The topological polar surface area (TPSA) is 37.4 Å². The van der Waals surface area contributed by atoms with Gasteiger partial charge < -0.3 is 4.90 Å². The van der Waals surface area contributed by atoms with Crippen LogP contribution in [0, 0.1) is 16.7 Å². The van der Waals surface area contributed by atoms with Crippen molar-refractivity contribution in [2.75, 3.05) is 6.54 Å². The Bertz CT molecular complexity index is 624. The van der Waals surface area contributed by atoms with Gasteiger partial charge in [0.25, 0.3) is 0 Å². The molecule has 0 bridgehead atoms. The third-order valence-corrected chi connectivity index (χ3v) is 6.05. The Morgan fingerprint density at radius 3 is 1.72 bits per heavy atom. The normalized spacial score (nSPS) is 26.1. The van der Waals surface area contributed by atoms with Gasteiger partial charge in [-0.25, -0.2) is 0 Å². The molecule has 0 fully saturated rings. The maximum atomic E-state index is 13.0. The van der Waals surface area contributed by atoms with Crippen LogP contribution in [0.5, 0.6) is 0 Å². The van der Waals surface area contributed by atoms with E-state index in [0.29, 0.717) is 12.8 Å². The van der Waals surface area contributed by atoms with Crippen LogP contribution in [0.4, 0.5) is 0 Å². The average Bonchev–Trinajstić information content (AvgIpc) is 2.43. The first-order chi connectivity index (χ1) is 11.6. The highest BCUT2D eigenvalue weighted by Crippen LogP contribution is 2.51. The predicted molar refractivity (Wildman–Crippen MR) is 101 cm³/mol. The zero-order chi connectivity index (χ0) is 18.6. The van der Waals surface area contributed by atoms with Crippen molar-refractivity contribution < 1.29 is 9.59 Å². The summed E-state index contributed by atoms with van der Waals surface area (Å²) in [4.78, 5) is 28.3. The molecule has 0 saturated heterocycles. The van der Waals surface area contributed by atoms with Crippen molar-refractivity contribution in [1.82, 2.24) is 4.90 Å². The molecule has 3 rings (SSSR count). The molecule has 0 aromatic carbocycles. The van der Waals surface area contributed by atoms with Crippen LogP contribution in [-0.4, -0.2) is 23.0 Å². The number of Topliss-reactive ketones (excluding diaryl/α,β-unsaturated/α-hetero) is 2. The predicted octanol–water partition coefficient (Wildman–Crippen LogP) is 5.02. The third kappa shape index (κ3) is 3.22. The van der Waals surface area contributed by atoms with E-state index in [0.717, 1.165) is 43.4 Å². The van der Waals surface area contributed by atoms with Crippen LogP contribution in [0.15, 0.2) is 22.5 Å². The monoisotopic (exact) mass is 343 g/mol. The van der Waals surface area contributed by atoms with E-state index in [9.17, 15) is 9.59 Å². The molecule has 0 radical (unpaired) electrons. The molecule has 0 unspecified atom stereocenters. The Labute approximate surface area is 152 Å². The quantitative estimate of drug-likeness (QED) is 0.721. The molecule has 0 atom stereocenters. The number of carbonyl (C=O) groups excluding carboxylic acids is 2. The minimum atomic E-state index is -0.0323. The summed E-state index contributed by atoms with van der Waals surface area (Å²) in [5.74, 6) is 0.476. The summed E-state index contributed by atoms with van der Waals surface area (Å²) in [5.41, 5.74) is 4.31. The second kappa shape index (κ2) is 6.10. The smallest absolute Gasteiger partial charge is 0.161 e. The van der Waals surface area contributed by atoms with Crippen LogP contribution < -0.4 is 0 Å². The number of carbonyl (C=O) groups is 2. The Morgan fingerprint density at radius 2 is 1.32 bits per heavy atom. The number of ketones is 2. The number of hydrogen-bond acceptors (Lipinski definition) is 3. The highest BCUT2D eigenvalue weighted by atomic mass is 16.1. The summed E-state index contributed by atoms with van der Waals surface area (Å²) in [6.07, 6.45) is 5.28. The van der Waals surface area contributed by atoms with Crippen molar-refractivity contribution in [1.29, 1.82) is 0 Å². The van der Waals surface area contributed by atoms with Gasteiger partial charge >= 0.3 is 0 Å². The fraction of sp³-hybridized carbons (Fsp3) is 0.727. The van der Waals surface area contributed by atoms with Gasteiger partial charge in [0.2, 0.25) is 0 Å². The Morgan fingerprint density at radius 1 is 0.880 bits per heavy atom. The Kier molecular flexibility index (Phi) is 4.50. The Hall–Kier alpha value is -1.38. The maximum Gasteiger partial charge on any atom is 0.161 e. The number of nitrogens with zero attached hydrogens (tertiary/aromatic N) is 1. The van der Waals surface area contributed by atoms with Crippen molar-refractivity contribution in [3.05, 3.63) is 22.5 Å². The molecule has 2 aliphatic carbocycles. The molecular weight excluding hydrogens is 310 g/mol. The van der Waals surface area contributed by atoms with E-state index in [2.05, 4.69) is 46.4 Å². The standard InChI is InChI=1S/C22H33NO2/c1-7-8-9-23-15-10-21(3,4)12-17(24)19(15)14(2)20-16(23)11-22(5,6)13-18(20)25/h14H,7-13H2,1-6H3. The summed E-state index contributed by atoms with van der Waals surface area (Å²) in [6.45, 7) is 14.0. The van der Waals surface area contributed by atoms with E-state index in [1.807, 2.05) is 0 Å². The number of rotatable bonds is 3. The van der Waals surface area contributed by atoms with E-state index in [1.54, 1.807) is 0 Å². The molecule has 3 aliphatic rings. The summed E-state index contributed by atoms with van der Waals surface area (Å²) >= 11 is 0. The second-order valence-corrected chi connectivity index (χ2v) is 9.83. The SMILES string of the molecule is CCCCN1C2=C(C(=O)CC(C)(C)C2)C(C)C2=C1CC(C)(C)CC2=O. The number of unbranched alkanes of at least 4 members (excludes halogenated alkanes) is 1. The molecule has 0 N–H and O–H groups in total. The molecule has 1 heterocycles.